The molecule has 3 N–H and O–H groups in total. The number of amides is 2. The van der Waals surface area contributed by atoms with Crippen molar-refractivity contribution in [2.75, 3.05) is 78.9 Å². The van der Waals surface area contributed by atoms with Gasteiger partial charge in [-0.1, -0.05) is 46.4 Å². The van der Waals surface area contributed by atoms with Gasteiger partial charge in [-0.25, -0.2) is 8.42 Å². The average molecular weight is 951 g/mol. The maximum Gasteiger partial charge on any atom is 0.436 e. The predicted molar refractivity (Wildman–Crippen MR) is 217 cm³/mol. The van der Waals surface area contributed by atoms with E-state index in [9.17, 15) is 44.3 Å². The molecule has 0 saturated carbocycles. The topological polar surface area (TPSA) is 155 Å². The number of anilines is 4. The summed E-state index contributed by atoms with van der Waals surface area (Å²) in [5, 5.41) is 6.66. The summed E-state index contributed by atoms with van der Waals surface area (Å²) in [4.78, 5) is 32.3. The normalized spacial score (nSPS) is 15.2. The molecule has 2 aromatic carbocycles. The number of nitrogens with one attached hydrogen (secondary N) is 1. The molecule has 4 aromatic rings. The van der Waals surface area contributed by atoms with Crippen molar-refractivity contribution in [2.45, 2.75) is 39.3 Å². The van der Waals surface area contributed by atoms with Gasteiger partial charge in [-0.15, -0.1) is 0 Å². The second-order valence-corrected chi connectivity index (χ2v) is 17.1. The Bertz CT molecular complexity index is 2340. The highest BCUT2D eigenvalue weighted by Crippen LogP contribution is 2.37. The quantitative estimate of drug-likeness (QED) is 0.145. The van der Waals surface area contributed by atoms with Crippen molar-refractivity contribution in [1.29, 1.82) is 0 Å². The molecule has 2 fully saturated rings. The largest absolute Gasteiger partial charge is 0.436 e. The van der Waals surface area contributed by atoms with Crippen LogP contribution in [0.1, 0.15) is 22.8 Å². The van der Waals surface area contributed by atoms with Crippen molar-refractivity contribution in [3.05, 3.63) is 79.3 Å². The number of rotatable bonds is 8. The number of piperazine rings is 2. The van der Waals surface area contributed by atoms with E-state index in [1.807, 2.05) is 11.0 Å². The number of sulfonamides is 1. The lowest BCUT2D eigenvalue weighted by atomic mass is 10.2. The third-order valence-electron chi connectivity index (χ3n) is 9.59. The van der Waals surface area contributed by atoms with Gasteiger partial charge in [0.15, 0.2) is 11.4 Å². The number of hydrogen-bond acceptors (Lipinski definition) is 9. The van der Waals surface area contributed by atoms with Crippen LogP contribution in [0.4, 0.5) is 49.1 Å². The summed E-state index contributed by atoms with van der Waals surface area (Å²) in [6.45, 7) is 5.67. The maximum atomic E-state index is 13.0. The third-order valence-corrected chi connectivity index (χ3v) is 11.8. The van der Waals surface area contributed by atoms with Crippen LogP contribution in [0, 0.1) is 13.8 Å². The Balaban J connectivity index is 0.000000230. The zero-order valence-electron chi connectivity index (χ0n) is 32.0. The van der Waals surface area contributed by atoms with E-state index in [0.717, 1.165) is 27.0 Å². The average Bonchev–Trinajstić information content (AvgIpc) is 3.62. The van der Waals surface area contributed by atoms with Gasteiger partial charge in [0, 0.05) is 63.7 Å². The Labute approximate surface area is 360 Å². The zero-order valence-corrected chi connectivity index (χ0v) is 35.9. The number of carbonyl (C=O) groups is 2. The predicted octanol–water partition coefficient (Wildman–Crippen LogP) is 6.69. The van der Waals surface area contributed by atoms with Crippen molar-refractivity contribution in [1.82, 2.24) is 29.4 Å². The summed E-state index contributed by atoms with van der Waals surface area (Å²) in [7, 11) is -3.51. The molecular weight excluding hydrogens is 912 g/mol. The van der Waals surface area contributed by atoms with Gasteiger partial charge in [-0.3, -0.25) is 23.7 Å². The van der Waals surface area contributed by atoms with Crippen LogP contribution in [-0.4, -0.2) is 108 Å². The molecule has 2 amide bonds. The minimum absolute atomic E-state index is 0.0676. The molecule has 0 unspecified atom stereocenters. The Hall–Kier alpha value is -4.31. The van der Waals surface area contributed by atoms with Gasteiger partial charge in [-0.05, 0) is 50.2 Å². The van der Waals surface area contributed by atoms with Crippen LogP contribution in [0.25, 0.3) is 0 Å². The van der Waals surface area contributed by atoms with Crippen LogP contribution >= 0.6 is 46.4 Å². The first kappa shape index (κ1) is 46.8. The standard InChI is InChI=1S/C18H20Cl2F3N5O3S.C17H18Cl2F3N5O/c1-11-16(20)17(18(21,22)23)24-28(11)10-15(29)27-7-5-26(6-8-27)12-3-4-13(19)14(9-12)25-32(2,30)31;1-10-15(19)16(17(20,21)22)24-27(10)9-14(28)26-6-4-25(5-7-26)11-2-3-12(18)13(23)8-11/h3-4,9,25H,5-8,10H2,1-2H3;2-3,8H,4-7,9,23H2,1H3. The molecule has 4 heterocycles. The highest BCUT2D eigenvalue weighted by atomic mass is 35.5. The van der Waals surface area contributed by atoms with Gasteiger partial charge >= 0.3 is 12.4 Å². The molecule has 2 saturated heterocycles. The van der Waals surface area contributed by atoms with E-state index in [0.29, 0.717) is 63.1 Å². The number of hydrogen-bond donors (Lipinski definition) is 2. The van der Waals surface area contributed by atoms with E-state index in [2.05, 4.69) is 19.8 Å². The SMILES string of the molecule is Cc1c(Cl)c(C(F)(F)F)nn1CC(=O)N1CCN(c2ccc(Cl)c(N)c2)CC1.Cc1c(Cl)c(C(F)(F)F)nn1CC(=O)N1CCN(c2ccc(Cl)c(NS(C)(=O)=O)c2)CC1. The fourth-order valence-corrected chi connectivity index (χ4v) is 7.71. The Morgan fingerprint density at radius 1 is 0.683 bits per heavy atom. The Morgan fingerprint density at radius 2 is 1.07 bits per heavy atom. The van der Waals surface area contributed by atoms with E-state index in [-0.39, 0.29) is 47.0 Å². The molecule has 0 atom stereocenters. The van der Waals surface area contributed by atoms with Gasteiger partial charge < -0.3 is 25.3 Å². The van der Waals surface area contributed by atoms with Crippen LogP contribution in [0.2, 0.25) is 20.1 Å². The Kier molecular flexibility index (Phi) is 14.3. The molecule has 0 bridgehead atoms. The molecular formula is C35H38Cl4F6N10O4S. The number of benzene rings is 2. The molecule has 0 aliphatic carbocycles. The lowest BCUT2D eigenvalue weighted by Crippen LogP contribution is -2.49. The summed E-state index contributed by atoms with van der Waals surface area (Å²) < 4.78 is 105. The molecule has 2 aromatic heterocycles. The van der Waals surface area contributed by atoms with E-state index in [4.69, 9.17) is 52.1 Å². The number of nitrogens with zero attached hydrogens (tertiary/aromatic N) is 8. The van der Waals surface area contributed by atoms with Crippen LogP contribution in [-0.2, 0) is 45.1 Å². The highest BCUT2D eigenvalue weighted by Gasteiger charge is 2.40. The number of halogens is 10. The van der Waals surface area contributed by atoms with Gasteiger partial charge in [0.1, 0.15) is 13.1 Å². The molecule has 0 radical (unpaired) electrons. The molecule has 6 rings (SSSR count). The maximum absolute atomic E-state index is 13.0. The summed E-state index contributed by atoms with van der Waals surface area (Å²) in [5.74, 6) is -0.692. The zero-order chi connectivity index (χ0) is 44.5. The molecule has 2 aliphatic heterocycles. The van der Waals surface area contributed by atoms with Crippen LogP contribution in [0.3, 0.4) is 0 Å². The lowest BCUT2D eigenvalue weighted by Gasteiger charge is -2.36. The molecule has 0 spiro atoms. The van der Waals surface area contributed by atoms with Crippen LogP contribution in [0.5, 0.6) is 0 Å². The first-order valence-corrected chi connectivity index (χ1v) is 21.2. The first-order valence-electron chi connectivity index (χ1n) is 17.8. The van der Waals surface area contributed by atoms with Gasteiger partial charge in [0.05, 0.1) is 49.1 Å². The fourth-order valence-electron chi connectivity index (χ4n) is 6.32. The van der Waals surface area contributed by atoms with Gasteiger partial charge in [-0.2, -0.15) is 36.5 Å². The molecule has 60 heavy (non-hydrogen) atoms. The summed E-state index contributed by atoms with van der Waals surface area (Å²) in [6.07, 6.45) is -8.35. The molecule has 14 nitrogen and oxygen atoms in total. The monoisotopic (exact) mass is 948 g/mol. The third kappa shape index (κ3) is 11.3. The van der Waals surface area contributed by atoms with E-state index < -0.39 is 43.8 Å². The van der Waals surface area contributed by atoms with E-state index in [1.54, 1.807) is 35.2 Å². The second-order valence-electron chi connectivity index (χ2n) is 13.8. The van der Waals surface area contributed by atoms with Crippen molar-refractivity contribution < 1.29 is 44.3 Å². The first-order chi connectivity index (χ1) is 27.8. The molecule has 2 aliphatic rings. The van der Waals surface area contributed by atoms with Crippen LogP contribution < -0.4 is 20.3 Å². The number of alkyl halides is 6. The van der Waals surface area contributed by atoms with E-state index in [1.165, 1.54) is 18.7 Å². The van der Waals surface area contributed by atoms with Crippen LogP contribution in [0.15, 0.2) is 36.4 Å². The minimum Gasteiger partial charge on any atom is -0.397 e. The molecule has 25 heteroatoms. The number of aromatic nitrogens is 4. The second kappa shape index (κ2) is 18.3. The minimum atomic E-state index is -4.70. The van der Waals surface area contributed by atoms with Crippen molar-refractivity contribution >= 4 is 91.0 Å². The van der Waals surface area contributed by atoms with Crippen molar-refractivity contribution in [3.63, 3.8) is 0 Å². The van der Waals surface area contributed by atoms with Crippen molar-refractivity contribution in [3.8, 4) is 0 Å². The van der Waals surface area contributed by atoms with E-state index >= 15 is 0 Å². The van der Waals surface area contributed by atoms with Gasteiger partial charge in [0.2, 0.25) is 21.8 Å². The summed E-state index contributed by atoms with van der Waals surface area (Å²) >= 11 is 23.4. The Morgan fingerprint density at radius 3 is 1.42 bits per heavy atom. The number of nitrogens with two attached hydrogens (primary N) is 1. The summed E-state index contributed by atoms with van der Waals surface area (Å²) in [5.41, 5.74) is 5.96. The smallest absolute Gasteiger partial charge is 0.397 e. The lowest BCUT2D eigenvalue weighted by molar-refractivity contribution is -0.142. The summed E-state index contributed by atoms with van der Waals surface area (Å²) in [6, 6.07) is 10.3. The molecule has 328 valence electrons. The highest BCUT2D eigenvalue weighted by molar-refractivity contribution is 7.92. The fraction of sp³-hybridized carbons (Fsp3) is 0.429. The number of carbonyl (C=O) groups excluding carboxylic acids is 2. The van der Waals surface area contributed by atoms with Crippen molar-refractivity contribution in [2.24, 2.45) is 0 Å². The number of nitrogen functional groups attached to an aromatic ring is 1. The van der Waals surface area contributed by atoms with Gasteiger partial charge in [0.25, 0.3) is 0 Å².